The fourth-order valence-electron chi connectivity index (χ4n) is 2.81. The average molecular weight is 374 g/mol. The van der Waals surface area contributed by atoms with E-state index in [-0.39, 0.29) is 18.3 Å². The summed E-state index contributed by atoms with van der Waals surface area (Å²) >= 11 is 0. The van der Waals surface area contributed by atoms with Gasteiger partial charge in [0.2, 0.25) is 5.75 Å². The van der Waals surface area contributed by atoms with Crippen LogP contribution in [0.3, 0.4) is 0 Å². The van der Waals surface area contributed by atoms with E-state index in [2.05, 4.69) is 15.5 Å². The predicted octanol–water partition coefficient (Wildman–Crippen LogP) is 1.16. The summed E-state index contributed by atoms with van der Waals surface area (Å²) in [5.74, 6) is 1.17. The molecule has 7 nitrogen and oxygen atoms in total. The highest BCUT2D eigenvalue weighted by Gasteiger charge is 2.20. The lowest BCUT2D eigenvalue weighted by atomic mass is 10.1. The molecule has 1 fully saturated rings. The highest BCUT2D eigenvalue weighted by Crippen LogP contribution is 2.39. The molecular weight excluding hydrogens is 346 g/mol. The van der Waals surface area contributed by atoms with Gasteiger partial charge in [-0.25, -0.2) is 0 Å². The molecule has 2 N–H and O–H groups in total. The summed E-state index contributed by atoms with van der Waals surface area (Å²) in [7, 11) is 4.58. The molecule has 1 aliphatic heterocycles. The quantitative estimate of drug-likeness (QED) is 0.666. The van der Waals surface area contributed by atoms with Gasteiger partial charge in [-0.2, -0.15) is 0 Å². The Morgan fingerprint density at radius 3 is 2.40 bits per heavy atom. The van der Waals surface area contributed by atoms with Crippen molar-refractivity contribution >= 4 is 18.3 Å². The largest absolute Gasteiger partial charge is 0.493 e. The van der Waals surface area contributed by atoms with Crippen molar-refractivity contribution in [2.45, 2.75) is 6.42 Å². The second-order valence-electron chi connectivity index (χ2n) is 5.58. The van der Waals surface area contributed by atoms with Crippen LogP contribution in [0.5, 0.6) is 17.2 Å². The number of amides is 1. The van der Waals surface area contributed by atoms with Crippen molar-refractivity contribution in [1.29, 1.82) is 0 Å². The Bertz CT molecular complexity index is 551. The first-order chi connectivity index (χ1) is 11.7. The number of halogens is 1. The number of nitrogens with one attached hydrogen (secondary N) is 2. The molecule has 1 amide bonds. The molecule has 25 heavy (non-hydrogen) atoms. The maximum absolute atomic E-state index is 12.4. The molecule has 1 aromatic rings. The third-order valence-corrected chi connectivity index (χ3v) is 4.10. The van der Waals surface area contributed by atoms with E-state index in [1.54, 1.807) is 19.2 Å². The number of piperazine rings is 1. The van der Waals surface area contributed by atoms with Crippen LogP contribution in [0.2, 0.25) is 0 Å². The molecule has 142 valence electrons. The van der Waals surface area contributed by atoms with Gasteiger partial charge in [0.05, 0.1) is 26.9 Å². The Morgan fingerprint density at radius 1 is 1.12 bits per heavy atom. The van der Waals surface area contributed by atoms with Crippen LogP contribution >= 0.6 is 12.4 Å². The van der Waals surface area contributed by atoms with E-state index in [9.17, 15) is 4.79 Å². The number of ether oxygens (including phenoxy) is 3. The number of nitrogens with zero attached hydrogens (tertiary/aromatic N) is 1. The number of rotatable bonds is 8. The van der Waals surface area contributed by atoms with Crippen molar-refractivity contribution in [1.82, 2.24) is 15.5 Å². The van der Waals surface area contributed by atoms with Gasteiger partial charge in [0.25, 0.3) is 5.91 Å². The molecular formula is C17H28ClN3O4. The van der Waals surface area contributed by atoms with E-state index < -0.39 is 0 Å². The summed E-state index contributed by atoms with van der Waals surface area (Å²) in [6, 6.07) is 3.39. The minimum Gasteiger partial charge on any atom is -0.493 e. The van der Waals surface area contributed by atoms with Crippen LogP contribution in [0, 0.1) is 0 Å². The molecule has 0 aromatic heterocycles. The lowest BCUT2D eigenvalue weighted by Crippen LogP contribution is -2.44. The highest BCUT2D eigenvalue weighted by molar-refractivity contribution is 5.98. The van der Waals surface area contributed by atoms with Crippen LogP contribution < -0.4 is 24.8 Å². The first kappa shape index (κ1) is 21.3. The van der Waals surface area contributed by atoms with Crippen LogP contribution in [0.4, 0.5) is 0 Å². The molecule has 1 saturated heterocycles. The Kier molecular flexibility index (Phi) is 9.41. The summed E-state index contributed by atoms with van der Waals surface area (Å²) in [6.45, 7) is 5.82. The fraction of sp³-hybridized carbons (Fsp3) is 0.588. The van der Waals surface area contributed by atoms with Gasteiger partial charge in [-0.05, 0) is 25.1 Å². The standard InChI is InChI=1S/C17H27N3O4.ClH/c1-22-14-6-5-13(15(23-2)16(14)24-3)17(21)19-7-4-10-20-11-8-18-9-12-20;/h5-6,18H,4,7-12H2,1-3H3,(H,19,21);1H. The van der Waals surface area contributed by atoms with Crippen LogP contribution in [-0.4, -0.2) is 71.4 Å². The Labute approximate surface area is 155 Å². The maximum atomic E-state index is 12.4. The van der Waals surface area contributed by atoms with Gasteiger partial charge < -0.3 is 29.7 Å². The molecule has 0 bridgehead atoms. The van der Waals surface area contributed by atoms with Crippen LogP contribution in [0.1, 0.15) is 16.8 Å². The third kappa shape index (κ3) is 5.66. The Morgan fingerprint density at radius 2 is 1.80 bits per heavy atom. The van der Waals surface area contributed by atoms with Gasteiger partial charge in [0.1, 0.15) is 0 Å². The third-order valence-electron chi connectivity index (χ3n) is 4.10. The monoisotopic (exact) mass is 373 g/mol. The van der Waals surface area contributed by atoms with E-state index in [4.69, 9.17) is 14.2 Å². The Hall–Kier alpha value is -1.70. The van der Waals surface area contributed by atoms with Gasteiger partial charge in [0.15, 0.2) is 11.5 Å². The van der Waals surface area contributed by atoms with Gasteiger partial charge in [0, 0.05) is 32.7 Å². The van der Waals surface area contributed by atoms with Crippen molar-refractivity contribution in [3.63, 3.8) is 0 Å². The Balaban J connectivity index is 0.00000312. The second-order valence-corrected chi connectivity index (χ2v) is 5.58. The molecule has 0 atom stereocenters. The van der Waals surface area contributed by atoms with E-state index in [1.807, 2.05) is 0 Å². The number of carbonyl (C=O) groups is 1. The maximum Gasteiger partial charge on any atom is 0.255 e. The first-order valence-corrected chi connectivity index (χ1v) is 8.21. The first-order valence-electron chi connectivity index (χ1n) is 8.21. The van der Waals surface area contributed by atoms with E-state index in [0.29, 0.717) is 29.4 Å². The number of methoxy groups -OCH3 is 3. The molecule has 0 saturated carbocycles. The lowest BCUT2D eigenvalue weighted by molar-refractivity contribution is 0.0947. The van der Waals surface area contributed by atoms with Crippen molar-refractivity contribution in [3.05, 3.63) is 17.7 Å². The van der Waals surface area contributed by atoms with E-state index in [1.165, 1.54) is 14.2 Å². The normalized spacial score (nSPS) is 14.4. The number of carbonyl (C=O) groups excluding carboxylic acids is 1. The minimum atomic E-state index is -0.173. The van der Waals surface area contributed by atoms with Gasteiger partial charge in [-0.1, -0.05) is 0 Å². The molecule has 1 heterocycles. The summed E-state index contributed by atoms with van der Waals surface area (Å²) in [4.78, 5) is 14.8. The molecule has 2 rings (SSSR count). The summed E-state index contributed by atoms with van der Waals surface area (Å²) < 4.78 is 15.9. The van der Waals surface area contributed by atoms with Gasteiger partial charge in [-0.3, -0.25) is 4.79 Å². The van der Waals surface area contributed by atoms with Gasteiger partial charge >= 0.3 is 0 Å². The number of benzene rings is 1. The molecule has 0 unspecified atom stereocenters. The van der Waals surface area contributed by atoms with E-state index >= 15 is 0 Å². The molecule has 1 aromatic carbocycles. The van der Waals surface area contributed by atoms with Crippen LogP contribution in [0.25, 0.3) is 0 Å². The van der Waals surface area contributed by atoms with Crippen molar-refractivity contribution in [3.8, 4) is 17.2 Å². The topological polar surface area (TPSA) is 72.1 Å². The molecule has 1 aliphatic rings. The second kappa shape index (κ2) is 11.0. The summed E-state index contributed by atoms with van der Waals surface area (Å²) in [6.07, 6.45) is 0.918. The lowest BCUT2D eigenvalue weighted by Gasteiger charge is -2.27. The van der Waals surface area contributed by atoms with Gasteiger partial charge in [-0.15, -0.1) is 12.4 Å². The summed E-state index contributed by atoms with van der Waals surface area (Å²) in [5, 5.41) is 6.27. The van der Waals surface area contributed by atoms with Crippen molar-refractivity contribution in [2.24, 2.45) is 0 Å². The SMILES string of the molecule is COc1ccc(C(=O)NCCCN2CCNCC2)c(OC)c1OC.Cl. The predicted molar refractivity (Wildman–Crippen MR) is 99.6 cm³/mol. The zero-order valence-electron chi connectivity index (χ0n) is 15.1. The smallest absolute Gasteiger partial charge is 0.255 e. The van der Waals surface area contributed by atoms with Crippen LogP contribution in [0.15, 0.2) is 12.1 Å². The molecule has 0 aliphatic carbocycles. The zero-order valence-corrected chi connectivity index (χ0v) is 15.9. The van der Waals surface area contributed by atoms with Crippen molar-refractivity contribution in [2.75, 3.05) is 60.6 Å². The number of hydrogen-bond donors (Lipinski definition) is 2. The summed E-state index contributed by atoms with van der Waals surface area (Å²) in [5.41, 5.74) is 0.442. The van der Waals surface area contributed by atoms with Crippen LogP contribution in [-0.2, 0) is 0 Å². The molecule has 8 heteroatoms. The zero-order chi connectivity index (χ0) is 17.4. The minimum absolute atomic E-state index is 0. The van der Waals surface area contributed by atoms with E-state index in [0.717, 1.165) is 39.1 Å². The average Bonchev–Trinajstić information content (AvgIpc) is 2.64. The molecule has 0 radical (unpaired) electrons. The highest BCUT2D eigenvalue weighted by atomic mass is 35.5. The fourth-order valence-corrected chi connectivity index (χ4v) is 2.81. The number of hydrogen-bond acceptors (Lipinski definition) is 6. The molecule has 0 spiro atoms. The van der Waals surface area contributed by atoms with Crippen molar-refractivity contribution < 1.29 is 19.0 Å².